The molecule has 6 nitrogen and oxygen atoms in total. The molecule has 0 fully saturated rings. The van der Waals surface area contributed by atoms with E-state index in [9.17, 15) is 15.2 Å². The van der Waals surface area contributed by atoms with Gasteiger partial charge < -0.3 is 5.11 Å². The molecular formula is C13H9Cl2N3O3. The molecule has 0 amide bonds. The van der Waals surface area contributed by atoms with Crippen molar-refractivity contribution in [2.75, 3.05) is 5.43 Å². The predicted molar refractivity (Wildman–Crippen MR) is 82.4 cm³/mol. The molecule has 0 aromatic heterocycles. The summed E-state index contributed by atoms with van der Waals surface area (Å²) in [6.45, 7) is 0. The maximum atomic E-state index is 10.8. The van der Waals surface area contributed by atoms with E-state index in [2.05, 4.69) is 10.5 Å². The average Bonchev–Trinajstić information content (AvgIpc) is 2.44. The lowest BCUT2D eigenvalue weighted by molar-refractivity contribution is -0.385. The number of para-hydroxylation sites is 1. The number of nitrogens with one attached hydrogen (secondary N) is 1. The number of halogens is 2. The second-order valence-corrected chi connectivity index (χ2v) is 4.81. The second kappa shape index (κ2) is 6.43. The quantitative estimate of drug-likeness (QED) is 0.504. The molecule has 0 saturated carbocycles. The number of hydrogen-bond acceptors (Lipinski definition) is 5. The van der Waals surface area contributed by atoms with Crippen LogP contribution in [0.1, 0.15) is 5.56 Å². The Morgan fingerprint density at radius 1 is 1.29 bits per heavy atom. The van der Waals surface area contributed by atoms with E-state index in [4.69, 9.17) is 23.2 Å². The van der Waals surface area contributed by atoms with Crippen molar-refractivity contribution in [1.82, 2.24) is 0 Å². The zero-order chi connectivity index (χ0) is 15.4. The first kappa shape index (κ1) is 15.1. The van der Waals surface area contributed by atoms with Gasteiger partial charge in [-0.15, -0.1) is 0 Å². The van der Waals surface area contributed by atoms with Gasteiger partial charge in [0.25, 0.3) is 0 Å². The average molecular weight is 326 g/mol. The summed E-state index contributed by atoms with van der Waals surface area (Å²) in [6, 6.07) is 9.35. The normalized spacial score (nSPS) is 10.8. The molecule has 2 N–H and O–H groups in total. The van der Waals surface area contributed by atoms with Crippen molar-refractivity contribution in [2.24, 2.45) is 5.10 Å². The highest BCUT2D eigenvalue weighted by Gasteiger charge is 2.17. The van der Waals surface area contributed by atoms with Crippen LogP contribution in [0.3, 0.4) is 0 Å². The third kappa shape index (κ3) is 3.62. The lowest BCUT2D eigenvalue weighted by Gasteiger charge is -2.03. The standard InChI is InChI=1S/C13H9Cl2N3O3/c14-9-5-8(13(19)12(6-9)18(20)21)7-16-17-11-4-2-1-3-10(11)15/h1-7,17,19H/b16-7-. The van der Waals surface area contributed by atoms with Crippen LogP contribution >= 0.6 is 23.2 Å². The molecule has 0 bridgehead atoms. The Labute approximate surface area is 129 Å². The van der Waals surface area contributed by atoms with Gasteiger partial charge in [-0.2, -0.15) is 5.10 Å². The minimum atomic E-state index is -0.722. The lowest BCUT2D eigenvalue weighted by Crippen LogP contribution is -1.95. The van der Waals surface area contributed by atoms with Crippen molar-refractivity contribution in [3.8, 4) is 5.75 Å². The summed E-state index contributed by atoms with van der Waals surface area (Å²) in [5, 5.41) is 25.0. The molecule has 0 aliphatic rings. The van der Waals surface area contributed by atoms with E-state index >= 15 is 0 Å². The molecule has 0 spiro atoms. The molecule has 0 unspecified atom stereocenters. The van der Waals surface area contributed by atoms with Crippen molar-refractivity contribution in [2.45, 2.75) is 0 Å². The van der Waals surface area contributed by atoms with Gasteiger partial charge in [-0.3, -0.25) is 15.5 Å². The number of hydrogen-bond donors (Lipinski definition) is 2. The molecule has 0 saturated heterocycles. The highest BCUT2D eigenvalue weighted by Crippen LogP contribution is 2.32. The van der Waals surface area contributed by atoms with Crippen LogP contribution in [0.2, 0.25) is 10.0 Å². The molecule has 0 atom stereocenters. The van der Waals surface area contributed by atoms with Gasteiger partial charge in [-0.05, 0) is 18.2 Å². The molecular weight excluding hydrogens is 317 g/mol. The van der Waals surface area contributed by atoms with Crippen LogP contribution in [-0.2, 0) is 0 Å². The SMILES string of the molecule is O=[N+]([O-])c1cc(Cl)cc(/C=N\Nc2ccccc2Cl)c1O. The van der Waals surface area contributed by atoms with Gasteiger partial charge in [0.05, 0.1) is 21.8 Å². The fraction of sp³-hybridized carbons (Fsp3) is 0. The van der Waals surface area contributed by atoms with E-state index in [1.165, 1.54) is 12.3 Å². The number of hydrazone groups is 1. The van der Waals surface area contributed by atoms with Crippen molar-refractivity contribution in [3.05, 3.63) is 62.1 Å². The zero-order valence-electron chi connectivity index (χ0n) is 10.5. The summed E-state index contributed by atoms with van der Waals surface area (Å²) in [7, 11) is 0. The summed E-state index contributed by atoms with van der Waals surface area (Å²) >= 11 is 11.7. The Hall–Kier alpha value is -2.31. The predicted octanol–water partition coefficient (Wildman–Crippen LogP) is 4.05. The van der Waals surface area contributed by atoms with Crippen LogP contribution in [0.5, 0.6) is 5.75 Å². The molecule has 0 radical (unpaired) electrons. The number of nitrogens with zero attached hydrogens (tertiary/aromatic N) is 2. The van der Waals surface area contributed by atoms with Crippen LogP contribution < -0.4 is 5.43 Å². The molecule has 0 aliphatic carbocycles. The van der Waals surface area contributed by atoms with E-state index in [0.717, 1.165) is 6.07 Å². The van der Waals surface area contributed by atoms with E-state index in [1.807, 2.05) is 0 Å². The van der Waals surface area contributed by atoms with Gasteiger partial charge in [0, 0.05) is 16.7 Å². The molecule has 2 aromatic carbocycles. The Morgan fingerprint density at radius 2 is 2.00 bits per heavy atom. The van der Waals surface area contributed by atoms with Gasteiger partial charge in [0.15, 0.2) is 0 Å². The number of aromatic hydroxyl groups is 1. The molecule has 21 heavy (non-hydrogen) atoms. The first-order chi connectivity index (χ1) is 9.99. The minimum Gasteiger partial charge on any atom is -0.502 e. The Morgan fingerprint density at radius 3 is 2.67 bits per heavy atom. The Balaban J connectivity index is 2.26. The third-order valence-corrected chi connectivity index (χ3v) is 3.09. The summed E-state index contributed by atoms with van der Waals surface area (Å²) in [4.78, 5) is 10.1. The monoisotopic (exact) mass is 325 g/mol. The summed E-state index contributed by atoms with van der Waals surface area (Å²) in [6.07, 6.45) is 1.22. The molecule has 108 valence electrons. The maximum absolute atomic E-state index is 10.8. The van der Waals surface area contributed by atoms with Crippen LogP contribution in [-0.4, -0.2) is 16.2 Å². The van der Waals surface area contributed by atoms with Crippen molar-refractivity contribution < 1.29 is 10.0 Å². The van der Waals surface area contributed by atoms with E-state index in [0.29, 0.717) is 10.7 Å². The molecule has 2 aromatic rings. The molecule has 8 heteroatoms. The first-order valence-corrected chi connectivity index (χ1v) is 6.45. The van der Waals surface area contributed by atoms with Gasteiger partial charge in [0.2, 0.25) is 5.75 Å². The molecule has 0 heterocycles. The number of benzene rings is 2. The summed E-state index contributed by atoms with van der Waals surface area (Å²) in [5.41, 5.74) is 2.87. The van der Waals surface area contributed by atoms with Crippen molar-refractivity contribution in [3.63, 3.8) is 0 Å². The van der Waals surface area contributed by atoms with Crippen LogP contribution in [0.15, 0.2) is 41.5 Å². The fourth-order valence-corrected chi connectivity index (χ4v) is 1.97. The van der Waals surface area contributed by atoms with E-state index in [-0.39, 0.29) is 10.6 Å². The maximum Gasteiger partial charge on any atom is 0.312 e. The van der Waals surface area contributed by atoms with Gasteiger partial charge in [0.1, 0.15) is 0 Å². The van der Waals surface area contributed by atoms with Gasteiger partial charge in [-0.25, -0.2) is 0 Å². The Kier molecular flexibility index (Phi) is 4.62. The number of rotatable bonds is 4. The van der Waals surface area contributed by atoms with E-state index < -0.39 is 16.4 Å². The topological polar surface area (TPSA) is 87.8 Å². The zero-order valence-corrected chi connectivity index (χ0v) is 12.0. The summed E-state index contributed by atoms with van der Waals surface area (Å²) < 4.78 is 0. The van der Waals surface area contributed by atoms with E-state index in [1.54, 1.807) is 24.3 Å². The minimum absolute atomic E-state index is 0.119. The number of anilines is 1. The smallest absolute Gasteiger partial charge is 0.312 e. The third-order valence-electron chi connectivity index (χ3n) is 2.54. The number of nitro groups is 1. The highest BCUT2D eigenvalue weighted by atomic mass is 35.5. The number of nitro benzene ring substituents is 1. The van der Waals surface area contributed by atoms with Gasteiger partial charge in [-0.1, -0.05) is 35.3 Å². The number of phenolic OH excluding ortho intramolecular Hbond substituents is 1. The van der Waals surface area contributed by atoms with Gasteiger partial charge >= 0.3 is 5.69 Å². The first-order valence-electron chi connectivity index (χ1n) is 5.69. The number of phenols is 1. The second-order valence-electron chi connectivity index (χ2n) is 3.97. The van der Waals surface area contributed by atoms with Crippen molar-refractivity contribution in [1.29, 1.82) is 0 Å². The highest BCUT2D eigenvalue weighted by molar-refractivity contribution is 6.33. The largest absolute Gasteiger partial charge is 0.502 e. The lowest BCUT2D eigenvalue weighted by atomic mass is 10.2. The fourth-order valence-electron chi connectivity index (χ4n) is 1.57. The summed E-state index contributed by atoms with van der Waals surface area (Å²) in [5.74, 6) is -0.505. The molecule has 2 rings (SSSR count). The Bertz CT molecular complexity index is 720. The van der Waals surface area contributed by atoms with Crippen LogP contribution in [0.25, 0.3) is 0 Å². The molecule has 0 aliphatic heterocycles. The van der Waals surface area contributed by atoms with Crippen LogP contribution in [0, 0.1) is 10.1 Å². The van der Waals surface area contributed by atoms with Crippen molar-refractivity contribution >= 4 is 40.8 Å². The van der Waals surface area contributed by atoms with Crippen LogP contribution in [0.4, 0.5) is 11.4 Å².